The number of amides is 3. The third kappa shape index (κ3) is 3.57. The lowest BCUT2D eigenvalue weighted by Crippen LogP contribution is -2.30. The number of benzene rings is 2. The van der Waals surface area contributed by atoms with Gasteiger partial charge >= 0.3 is 6.03 Å². The second-order valence-electron chi connectivity index (χ2n) is 5.83. The third-order valence-corrected chi connectivity index (χ3v) is 4.22. The highest BCUT2D eigenvalue weighted by Gasteiger charge is 2.33. The van der Waals surface area contributed by atoms with E-state index in [1.54, 1.807) is 0 Å². The standard InChI is InChI=1S/C18H14ClN3O4/c1-11-3-2-4-12(7-11)10-21-17(23)16(20-18(21)24)9-13-8-14(22(25)26)5-6-15(13)19/h2-9H,10H2,1H3,(H,20,24)/b16-9+. The molecule has 0 unspecified atom stereocenters. The molecule has 0 spiro atoms. The number of rotatable bonds is 4. The predicted molar refractivity (Wildman–Crippen MR) is 96.3 cm³/mol. The summed E-state index contributed by atoms with van der Waals surface area (Å²) in [5.41, 5.74) is 1.98. The molecule has 0 aliphatic carbocycles. The van der Waals surface area contributed by atoms with Crippen molar-refractivity contribution in [2.45, 2.75) is 13.5 Å². The second kappa shape index (κ2) is 6.97. The molecule has 26 heavy (non-hydrogen) atoms. The first-order chi connectivity index (χ1) is 12.3. The molecule has 0 atom stereocenters. The molecule has 8 heteroatoms. The van der Waals surface area contributed by atoms with Gasteiger partial charge in [-0.05, 0) is 24.6 Å². The SMILES string of the molecule is Cc1cccc(CN2C(=O)N/C(=C/c3cc([N+](=O)[O-])ccc3Cl)C2=O)c1. The van der Waals surface area contributed by atoms with Crippen molar-refractivity contribution in [3.8, 4) is 0 Å². The summed E-state index contributed by atoms with van der Waals surface area (Å²) >= 11 is 6.04. The molecule has 3 amide bonds. The van der Waals surface area contributed by atoms with E-state index in [4.69, 9.17) is 11.6 Å². The van der Waals surface area contributed by atoms with Gasteiger partial charge in [0.05, 0.1) is 11.5 Å². The smallest absolute Gasteiger partial charge is 0.303 e. The van der Waals surface area contributed by atoms with E-state index in [0.717, 1.165) is 16.0 Å². The van der Waals surface area contributed by atoms with Gasteiger partial charge in [-0.15, -0.1) is 0 Å². The van der Waals surface area contributed by atoms with Crippen LogP contribution in [0, 0.1) is 17.0 Å². The molecule has 1 saturated heterocycles. The zero-order valence-corrected chi connectivity index (χ0v) is 14.5. The molecular weight excluding hydrogens is 358 g/mol. The summed E-state index contributed by atoms with van der Waals surface area (Å²) < 4.78 is 0. The lowest BCUT2D eigenvalue weighted by molar-refractivity contribution is -0.384. The zero-order valence-electron chi connectivity index (χ0n) is 13.7. The predicted octanol–water partition coefficient (Wildman–Crippen LogP) is 3.65. The van der Waals surface area contributed by atoms with Crippen molar-refractivity contribution >= 4 is 35.3 Å². The Morgan fingerprint density at radius 1 is 1.23 bits per heavy atom. The summed E-state index contributed by atoms with van der Waals surface area (Å²) in [6.45, 7) is 2.05. The van der Waals surface area contributed by atoms with Crippen molar-refractivity contribution in [2.75, 3.05) is 0 Å². The molecule has 2 aromatic carbocycles. The highest BCUT2D eigenvalue weighted by molar-refractivity contribution is 6.32. The van der Waals surface area contributed by atoms with Crippen LogP contribution in [0.4, 0.5) is 10.5 Å². The molecule has 7 nitrogen and oxygen atoms in total. The van der Waals surface area contributed by atoms with E-state index in [1.165, 1.54) is 24.3 Å². The van der Waals surface area contributed by atoms with Crippen LogP contribution < -0.4 is 5.32 Å². The fourth-order valence-electron chi connectivity index (χ4n) is 2.62. The van der Waals surface area contributed by atoms with Gasteiger partial charge in [0, 0.05) is 22.7 Å². The molecule has 0 aromatic heterocycles. The minimum atomic E-state index is -0.558. The molecule has 2 aromatic rings. The van der Waals surface area contributed by atoms with Gasteiger partial charge < -0.3 is 5.32 Å². The molecule has 1 aliphatic heterocycles. The molecule has 0 radical (unpaired) electrons. The van der Waals surface area contributed by atoms with Crippen LogP contribution in [0.15, 0.2) is 48.2 Å². The first-order valence-corrected chi connectivity index (χ1v) is 8.07. The first kappa shape index (κ1) is 17.6. The number of carbonyl (C=O) groups excluding carboxylic acids is 2. The zero-order chi connectivity index (χ0) is 18.8. The lowest BCUT2D eigenvalue weighted by atomic mass is 10.1. The number of carbonyl (C=O) groups is 2. The summed E-state index contributed by atoms with van der Waals surface area (Å²) in [5.74, 6) is -0.515. The number of urea groups is 1. The van der Waals surface area contributed by atoms with Crippen molar-refractivity contribution in [2.24, 2.45) is 0 Å². The fourth-order valence-corrected chi connectivity index (χ4v) is 2.79. The number of aryl methyl sites for hydroxylation is 1. The van der Waals surface area contributed by atoms with Gasteiger partial charge in [0.15, 0.2) is 0 Å². The van der Waals surface area contributed by atoms with Crippen LogP contribution in [0.1, 0.15) is 16.7 Å². The Kier molecular flexibility index (Phi) is 4.73. The number of nitrogens with one attached hydrogen (secondary N) is 1. The van der Waals surface area contributed by atoms with Gasteiger partial charge in [-0.25, -0.2) is 4.79 Å². The van der Waals surface area contributed by atoms with Crippen molar-refractivity contribution in [3.05, 3.63) is 80.0 Å². The molecular formula is C18H14ClN3O4. The molecule has 0 bridgehead atoms. The van der Waals surface area contributed by atoms with Crippen LogP contribution in [0.3, 0.4) is 0 Å². The van der Waals surface area contributed by atoms with Crippen LogP contribution in [-0.2, 0) is 11.3 Å². The highest BCUT2D eigenvalue weighted by atomic mass is 35.5. The van der Waals surface area contributed by atoms with E-state index >= 15 is 0 Å². The van der Waals surface area contributed by atoms with Gasteiger partial charge in [-0.3, -0.25) is 19.8 Å². The minimum absolute atomic E-state index is 0.0186. The molecule has 1 fully saturated rings. The Balaban J connectivity index is 1.88. The number of hydrogen-bond acceptors (Lipinski definition) is 4. The van der Waals surface area contributed by atoms with Crippen molar-refractivity contribution in [1.82, 2.24) is 10.2 Å². The number of nitro benzene ring substituents is 1. The Bertz CT molecular complexity index is 955. The van der Waals surface area contributed by atoms with E-state index in [9.17, 15) is 19.7 Å². The quantitative estimate of drug-likeness (QED) is 0.384. The third-order valence-electron chi connectivity index (χ3n) is 3.88. The van der Waals surface area contributed by atoms with E-state index < -0.39 is 16.9 Å². The first-order valence-electron chi connectivity index (χ1n) is 7.69. The summed E-state index contributed by atoms with van der Waals surface area (Å²) in [4.78, 5) is 36.1. The summed E-state index contributed by atoms with van der Waals surface area (Å²) in [5, 5.41) is 13.6. The maximum absolute atomic E-state index is 12.5. The topological polar surface area (TPSA) is 92.6 Å². The Labute approximate surface area is 154 Å². The molecule has 1 heterocycles. The maximum Gasteiger partial charge on any atom is 0.329 e. The average Bonchev–Trinajstić information content (AvgIpc) is 2.84. The minimum Gasteiger partial charge on any atom is -0.303 e. The largest absolute Gasteiger partial charge is 0.329 e. The molecule has 0 saturated carbocycles. The summed E-state index contributed by atoms with van der Waals surface area (Å²) in [6, 6.07) is 10.8. The van der Waals surface area contributed by atoms with Gasteiger partial charge in [0.2, 0.25) is 0 Å². The van der Waals surface area contributed by atoms with Crippen LogP contribution >= 0.6 is 11.6 Å². The van der Waals surface area contributed by atoms with Gasteiger partial charge in [-0.2, -0.15) is 0 Å². The van der Waals surface area contributed by atoms with Crippen LogP contribution in [0.25, 0.3) is 6.08 Å². The van der Waals surface area contributed by atoms with Crippen LogP contribution in [0.2, 0.25) is 5.02 Å². The van der Waals surface area contributed by atoms with Crippen LogP contribution in [-0.4, -0.2) is 21.8 Å². The van der Waals surface area contributed by atoms with Gasteiger partial charge in [0.25, 0.3) is 11.6 Å². The molecule has 3 rings (SSSR count). The van der Waals surface area contributed by atoms with E-state index in [1.807, 2.05) is 31.2 Å². The Hall–Kier alpha value is -3.19. The number of nitrogens with zero attached hydrogens (tertiary/aromatic N) is 2. The number of non-ortho nitro benzene ring substituents is 1. The van der Waals surface area contributed by atoms with E-state index in [-0.39, 0.29) is 28.5 Å². The molecule has 1 N–H and O–H groups in total. The fraction of sp³-hybridized carbons (Fsp3) is 0.111. The number of imide groups is 1. The number of halogens is 1. The molecule has 132 valence electrons. The number of nitro groups is 1. The Morgan fingerprint density at radius 2 is 2.00 bits per heavy atom. The Morgan fingerprint density at radius 3 is 2.69 bits per heavy atom. The highest BCUT2D eigenvalue weighted by Crippen LogP contribution is 2.25. The summed E-state index contributed by atoms with van der Waals surface area (Å²) in [6.07, 6.45) is 1.34. The van der Waals surface area contributed by atoms with Crippen molar-refractivity contribution in [3.63, 3.8) is 0 Å². The lowest BCUT2D eigenvalue weighted by Gasteiger charge is -2.12. The molecule has 1 aliphatic rings. The normalized spacial score (nSPS) is 15.5. The van der Waals surface area contributed by atoms with Crippen LogP contribution in [0.5, 0.6) is 0 Å². The van der Waals surface area contributed by atoms with Gasteiger partial charge in [-0.1, -0.05) is 41.4 Å². The maximum atomic E-state index is 12.5. The van der Waals surface area contributed by atoms with Gasteiger partial charge in [0.1, 0.15) is 5.70 Å². The summed E-state index contributed by atoms with van der Waals surface area (Å²) in [7, 11) is 0. The monoisotopic (exact) mass is 371 g/mol. The second-order valence-corrected chi connectivity index (χ2v) is 6.24. The van der Waals surface area contributed by atoms with E-state index in [0.29, 0.717) is 0 Å². The average molecular weight is 372 g/mol. The number of hydrogen-bond donors (Lipinski definition) is 1. The van der Waals surface area contributed by atoms with Crippen molar-refractivity contribution in [1.29, 1.82) is 0 Å². The van der Waals surface area contributed by atoms with E-state index in [2.05, 4.69) is 5.32 Å². The van der Waals surface area contributed by atoms with Crippen molar-refractivity contribution < 1.29 is 14.5 Å².